The van der Waals surface area contributed by atoms with Crippen molar-refractivity contribution in [1.82, 2.24) is 9.21 Å². The molecule has 31 heavy (non-hydrogen) atoms. The van der Waals surface area contributed by atoms with Gasteiger partial charge in [0.05, 0.1) is 4.90 Å². The molecule has 0 bridgehead atoms. The Kier molecular flexibility index (Phi) is 6.35. The second kappa shape index (κ2) is 8.52. The number of aryl methyl sites for hydroxylation is 1. The van der Waals surface area contributed by atoms with Crippen molar-refractivity contribution < 1.29 is 35.5 Å². The predicted molar refractivity (Wildman–Crippen MR) is 107 cm³/mol. The van der Waals surface area contributed by atoms with Crippen LogP contribution < -0.4 is 0 Å². The molecule has 0 radical (unpaired) electrons. The highest BCUT2D eigenvalue weighted by atomic mass is 32.2. The highest BCUT2D eigenvalue weighted by Crippen LogP contribution is 2.27. The number of carbonyl (C=O) groups excluding carboxylic acids is 1. The zero-order chi connectivity index (χ0) is 23.0. The molecular weight excluding hydrogens is 454 g/mol. The molecule has 0 unspecified atom stereocenters. The lowest BCUT2D eigenvalue weighted by Crippen LogP contribution is -2.50. The van der Waals surface area contributed by atoms with Gasteiger partial charge in [-0.25, -0.2) is 16.8 Å². The first-order valence-electron chi connectivity index (χ1n) is 9.16. The maximum atomic E-state index is 12.8. The highest BCUT2D eigenvalue weighted by molar-refractivity contribution is 7.91. The number of sulfonamides is 1. The Bertz CT molecular complexity index is 1190. The van der Waals surface area contributed by atoms with E-state index >= 15 is 0 Å². The summed E-state index contributed by atoms with van der Waals surface area (Å²) >= 11 is 0. The minimum absolute atomic E-state index is 0.000694. The van der Waals surface area contributed by atoms with Crippen LogP contribution >= 0.6 is 0 Å². The zero-order valence-electron chi connectivity index (χ0n) is 16.4. The van der Waals surface area contributed by atoms with E-state index in [0.29, 0.717) is 5.56 Å². The van der Waals surface area contributed by atoms with Gasteiger partial charge < -0.3 is 10.0 Å². The molecule has 0 aliphatic carbocycles. The SMILES string of the molecule is Cc1ccc(O)c(S(=O)(=O)N2CCN(C(=O)c3ccc(S(=O)(=O)C(F)F)cc3)CC2)c1. The van der Waals surface area contributed by atoms with E-state index in [1.54, 1.807) is 13.0 Å². The van der Waals surface area contributed by atoms with Gasteiger partial charge in [-0.2, -0.15) is 13.1 Å². The average molecular weight is 475 g/mol. The number of nitrogens with zero attached hydrogens (tertiary/aromatic N) is 2. The van der Waals surface area contributed by atoms with E-state index in [-0.39, 0.29) is 42.4 Å². The number of alkyl halides is 2. The Morgan fingerprint density at radius 3 is 2.10 bits per heavy atom. The number of aromatic hydroxyl groups is 1. The van der Waals surface area contributed by atoms with Crippen molar-refractivity contribution in [2.24, 2.45) is 0 Å². The second-order valence-corrected chi connectivity index (χ2v) is 10.8. The summed E-state index contributed by atoms with van der Waals surface area (Å²) in [6, 6.07) is 8.43. The van der Waals surface area contributed by atoms with E-state index in [2.05, 4.69) is 0 Å². The van der Waals surface area contributed by atoms with Gasteiger partial charge in [0.15, 0.2) is 0 Å². The van der Waals surface area contributed by atoms with Crippen molar-refractivity contribution >= 4 is 25.8 Å². The number of carbonyl (C=O) groups is 1. The third-order valence-corrected chi connectivity index (χ3v) is 8.25. The van der Waals surface area contributed by atoms with Crippen molar-refractivity contribution in [1.29, 1.82) is 0 Å². The largest absolute Gasteiger partial charge is 0.507 e. The number of piperazine rings is 1. The maximum absolute atomic E-state index is 12.8. The van der Waals surface area contributed by atoms with Gasteiger partial charge in [0.25, 0.3) is 5.91 Å². The van der Waals surface area contributed by atoms with Gasteiger partial charge in [0.1, 0.15) is 10.6 Å². The quantitative estimate of drug-likeness (QED) is 0.708. The van der Waals surface area contributed by atoms with Crippen LogP contribution in [0.5, 0.6) is 5.75 Å². The van der Waals surface area contributed by atoms with E-state index in [4.69, 9.17) is 0 Å². The van der Waals surface area contributed by atoms with Crippen LogP contribution in [0.25, 0.3) is 0 Å². The molecule has 1 saturated heterocycles. The number of hydrogen-bond donors (Lipinski definition) is 1. The number of benzene rings is 2. The first-order chi connectivity index (χ1) is 14.4. The normalized spacial score (nSPS) is 15.9. The topological polar surface area (TPSA) is 112 Å². The molecule has 1 aliphatic heterocycles. The maximum Gasteiger partial charge on any atom is 0.341 e. The number of hydrogen-bond acceptors (Lipinski definition) is 6. The third-order valence-electron chi connectivity index (χ3n) is 4.92. The molecule has 8 nitrogen and oxygen atoms in total. The molecule has 1 heterocycles. The van der Waals surface area contributed by atoms with Crippen molar-refractivity contribution in [3.8, 4) is 5.75 Å². The van der Waals surface area contributed by atoms with Gasteiger partial charge in [-0.05, 0) is 48.9 Å². The second-order valence-electron chi connectivity index (χ2n) is 7.00. The molecule has 12 heteroatoms. The summed E-state index contributed by atoms with van der Waals surface area (Å²) in [7, 11) is -8.70. The predicted octanol–water partition coefficient (Wildman–Crippen LogP) is 1.84. The number of amides is 1. The van der Waals surface area contributed by atoms with Crippen molar-refractivity contribution in [3.63, 3.8) is 0 Å². The fourth-order valence-electron chi connectivity index (χ4n) is 3.17. The highest BCUT2D eigenvalue weighted by Gasteiger charge is 2.32. The van der Waals surface area contributed by atoms with Gasteiger partial charge in [-0.1, -0.05) is 6.07 Å². The molecule has 0 aromatic heterocycles. The lowest BCUT2D eigenvalue weighted by Gasteiger charge is -2.34. The number of phenols is 1. The summed E-state index contributed by atoms with van der Waals surface area (Å²) in [5.41, 5.74) is 0.767. The van der Waals surface area contributed by atoms with Gasteiger partial charge in [-0.15, -0.1) is 0 Å². The first kappa shape index (κ1) is 23.1. The minimum Gasteiger partial charge on any atom is -0.507 e. The first-order valence-corrected chi connectivity index (χ1v) is 12.1. The van der Waals surface area contributed by atoms with Crippen LogP contribution in [0, 0.1) is 6.92 Å². The molecule has 2 aromatic rings. The smallest absolute Gasteiger partial charge is 0.341 e. The molecule has 0 saturated carbocycles. The Hall–Kier alpha value is -2.57. The summed E-state index contributed by atoms with van der Waals surface area (Å²) in [6.45, 7) is 1.84. The number of sulfone groups is 1. The van der Waals surface area contributed by atoms with Crippen LogP contribution in [0.2, 0.25) is 0 Å². The van der Waals surface area contributed by atoms with Gasteiger partial charge in [0, 0.05) is 31.7 Å². The number of phenolic OH excluding ortho intramolecular Hbond substituents is 1. The molecule has 0 atom stereocenters. The molecular formula is C19H20F2N2O6S2. The van der Waals surface area contributed by atoms with Gasteiger partial charge in [-0.3, -0.25) is 4.79 Å². The summed E-state index contributed by atoms with van der Waals surface area (Å²) in [6.07, 6.45) is 0. The van der Waals surface area contributed by atoms with Gasteiger partial charge in [0.2, 0.25) is 19.9 Å². The number of rotatable bonds is 5. The zero-order valence-corrected chi connectivity index (χ0v) is 18.0. The van der Waals surface area contributed by atoms with Crippen LogP contribution in [0.3, 0.4) is 0 Å². The molecule has 1 fully saturated rings. The molecule has 0 spiro atoms. The van der Waals surface area contributed by atoms with Crippen LogP contribution in [-0.2, 0) is 19.9 Å². The van der Waals surface area contributed by atoms with E-state index in [1.165, 1.54) is 21.3 Å². The summed E-state index contributed by atoms with van der Waals surface area (Å²) in [5.74, 6) is -4.39. The van der Waals surface area contributed by atoms with Gasteiger partial charge >= 0.3 is 5.76 Å². The molecule has 168 valence electrons. The van der Waals surface area contributed by atoms with E-state index in [0.717, 1.165) is 24.3 Å². The van der Waals surface area contributed by atoms with Crippen LogP contribution in [-0.4, -0.2) is 69.0 Å². The van der Waals surface area contributed by atoms with Crippen molar-refractivity contribution in [3.05, 3.63) is 53.6 Å². The fourth-order valence-corrected chi connectivity index (χ4v) is 5.48. The van der Waals surface area contributed by atoms with Crippen LogP contribution in [0.15, 0.2) is 52.3 Å². The molecule has 1 aliphatic rings. The molecule has 2 aromatic carbocycles. The Labute approximate surface area is 178 Å². The van der Waals surface area contributed by atoms with E-state index < -0.39 is 36.4 Å². The van der Waals surface area contributed by atoms with Crippen molar-refractivity contribution in [2.75, 3.05) is 26.2 Å². The minimum atomic E-state index is -4.75. The average Bonchev–Trinajstić information content (AvgIpc) is 2.75. The summed E-state index contributed by atoms with van der Waals surface area (Å²) < 4.78 is 75.0. The monoisotopic (exact) mass is 474 g/mol. The summed E-state index contributed by atoms with van der Waals surface area (Å²) in [4.78, 5) is 13.2. The lowest BCUT2D eigenvalue weighted by molar-refractivity contribution is 0.0697. The fraction of sp³-hybridized carbons (Fsp3) is 0.316. The Morgan fingerprint density at radius 1 is 0.968 bits per heavy atom. The molecule has 1 N–H and O–H groups in total. The number of halogens is 2. The van der Waals surface area contributed by atoms with E-state index in [9.17, 15) is 35.5 Å². The van der Waals surface area contributed by atoms with E-state index in [1.807, 2.05) is 0 Å². The standard InChI is InChI=1S/C19H20F2N2O6S2/c1-13-2-7-16(24)17(12-13)31(28,29)23-10-8-22(9-11-23)18(25)14-3-5-15(6-4-14)30(26,27)19(20)21/h2-7,12,19,24H,8-11H2,1H3. The Morgan fingerprint density at radius 2 is 1.55 bits per heavy atom. The van der Waals surface area contributed by atoms with Crippen molar-refractivity contribution in [2.45, 2.75) is 22.5 Å². The van der Waals surface area contributed by atoms with Crippen LogP contribution in [0.4, 0.5) is 8.78 Å². The summed E-state index contributed by atoms with van der Waals surface area (Å²) in [5, 5.41) is 9.94. The van der Waals surface area contributed by atoms with Crippen LogP contribution in [0.1, 0.15) is 15.9 Å². The lowest BCUT2D eigenvalue weighted by atomic mass is 10.2. The molecule has 1 amide bonds. The Balaban J connectivity index is 1.71. The third kappa shape index (κ3) is 4.55. The molecule has 3 rings (SSSR count).